The molecule has 0 bridgehead atoms. The van der Waals surface area contributed by atoms with Gasteiger partial charge in [-0.3, -0.25) is 4.79 Å². The van der Waals surface area contributed by atoms with Gasteiger partial charge in [0.1, 0.15) is 0 Å². The molecular formula is C16H21Cl3N2O. The van der Waals surface area contributed by atoms with Gasteiger partial charge in [-0.1, -0.05) is 35.7 Å². The number of hydrogen-bond acceptors (Lipinski definition) is 2. The molecule has 122 valence electrons. The molecule has 0 aromatic heterocycles. The molecule has 6 heteroatoms. The van der Waals surface area contributed by atoms with Crippen LogP contribution in [0.3, 0.4) is 0 Å². The van der Waals surface area contributed by atoms with Crippen LogP contribution in [0.4, 0.5) is 0 Å². The van der Waals surface area contributed by atoms with Gasteiger partial charge in [-0.05, 0) is 37.5 Å². The van der Waals surface area contributed by atoms with Crippen LogP contribution >= 0.6 is 35.6 Å². The van der Waals surface area contributed by atoms with Gasteiger partial charge in [-0.25, -0.2) is 0 Å². The molecule has 1 saturated heterocycles. The number of nitrogens with one attached hydrogen (secondary N) is 1. The lowest BCUT2D eigenvalue weighted by molar-refractivity contribution is -0.142. The first-order valence-electron chi connectivity index (χ1n) is 7.51. The van der Waals surface area contributed by atoms with E-state index in [1.165, 1.54) is 0 Å². The van der Waals surface area contributed by atoms with Crippen LogP contribution in [0.1, 0.15) is 31.7 Å². The Hall–Kier alpha value is -0.480. The normalized spacial score (nSPS) is 23.4. The van der Waals surface area contributed by atoms with Crippen molar-refractivity contribution in [1.82, 2.24) is 10.2 Å². The number of amides is 1. The molecule has 22 heavy (non-hydrogen) atoms. The minimum absolute atomic E-state index is 0. The van der Waals surface area contributed by atoms with Crippen LogP contribution in [0.5, 0.6) is 0 Å². The quantitative estimate of drug-likeness (QED) is 0.869. The van der Waals surface area contributed by atoms with Crippen LogP contribution in [0, 0.1) is 0 Å². The van der Waals surface area contributed by atoms with E-state index >= 15 is 0 Å². The third-order valence-corrected chi connectivity index (χ3v) is 5.48. The number of halogens is 3. The van der Waals surface area contributed by atoms with Gasteiger partial charge in [-0.15, -0.1) is 12.4 Å². The second-order valence-electron chi connectivity index (χ2n) is 6.17. The predicted octanol–water partition coefficient (Wildman–Crippen LogP) is 3.66. The minimum Gasteiger partial charge on any atom is -0.339 e. The summed E-state index contributed by atoms with van der Waals surface area (Å²) in [6.07, 6.45) is 2.90. The third-order valence-electron chi connectivity index (χ3n) is 4.74. The molecule has 3 rings (SSSR count). The zero-order valence-electron chi connectivity index (χ0n) is 12.6. The van der Waals surface area contributed by atoms with Gasteiger partial charge in [0.15, 0.2) is 0 Å². The summed E-state index contributed by atoms with van der Waals surface area (Å²) in [5, 5.41) is 4.45. The third kappa shape index (κ3) is 3.09. The van der Waals surface area contributed by atoms with Crippen LogP contribution in [0.25, 0.3) is 0 Å². The summed E-state index contributed by atoms with van der Waals surface area (Å²) < 4.78 is 0. The van der Waals surface area contributed by atoms with E-state index in [1.54, 1.807) is 6.07 Å². The first-order valence-corrected chi connectivity index (χ1v) is 8.27. The Morgan fingerprint density at radius 3 is 2.59 bits per heavy atom. The van der Waals surface area contributed by atoms with Gasteiger partial charge < -0.3 is 10.2 Å². The Labute approximate surface area is 147 Å². The molecule has 1 unspecified atom stereocenters. The highest BCUT2D eigenvalue weighted by molar-refractivity contribution is 6.42. The van der Waals surface area contributed by atoms with E-state index in [9.17, 15) is 4.79 Å². The maximum absolute atomic E-state index is 13.1. The van der Waals surface area contributed by atoms with Gasteiger partial charge in [0, 0.05) is 25.7 Å². The van der Waals surface area contributed by atoms with Crippen molar-refractivity contribution in [2.45, 2.75) is 37.6 Å². The standard InChI is InChI=1S/C16H20Cl2N2O.ClH/c1-11-10-20(8-7-19-11)15(21)16(5-2-6-16)12-3-4-13(17)14(18)9-12;/h3-4,9,11,19H,2,5-8,10H2,1H3;1H. The number of piperazine rings is 1. The number of rotatable bonds is 2. The number of carbonyl (C=O) groups excluding carboxylic acids is 1. The molecule has 0 spiro atoms. The topological polar surface area (TPSA) is 32.3 Å². The van der Waals surface area contributed by atoms with Crippen molar-refractivity contribution < 1.29 is 4.79 Å². The Morgan fingerprint density at radius 1 is 1.32 bits per heavy atom. The molecule has 1 amide bonds. The zero-order chi connectivity index (χ0) is 15.0. The van der Waals surface area contributed by atoms with Gasteiger partial charge in [0.05, 0.1) is 15.5 Å². The summed E-state index contributed by atoms with van der Waals surface area (Å²) >= 11 is 12.2. The molecule has 2 fully saturated rings. The van der Waals surface area contributed by atoms with Crippen LogP contribution in [0.15, 0.2) is 18.2 Å². The summed E-state index contributed by atoms with van der Waals surface area (Å²) in [6, 6.07) is 5.98. The summed E-state index contributed by atoms with van der Waals surface area (Å²) in [4.78, 5) is 15.1. The molecule has 1 heterocycles. The van der Waals surface area contributed by atoms with Gasteiger partial charge in [0.2, 0.25) is 5.91 Å². The van der Waals surface area contributed by atoms with Crippen molar-refractivity contribution in [1.29, 1.82) is 0 Å². The maximum atomic E-state index is 13.1. The lowest BCUT2D eigenvalue weighted by atomic mass is 9.63. The molecule has 1 N–H and O–H groups in total. The van der Waals surface area contributed by atoms with Crippen molar-refractivity contribution in [2.75, 3.05) is 19.6 Å². The monoisotopic (exact) mass is 362 g/mol. The van der Waals surface area contributed by atoms with Crippen molar-refractivity contribution in [2.24, 2.45) is 0 Å². The van der Waals surface area contributed by atoms with Crippen molar-refractivity contribution in [3.05, 3.63) is 33.8 Å². The molecule has 1 saturated carbocycles. The fourth-order valence-electron chi connectivity index (χ4n) is 3.37. The van der Waals surface area contributed by atoms with Crippen LogP contribution in [-0.2, 0) is 10.2 Å². The number of hydrogen-bond donors (Lipinski definition) is 1. The molecule has 1 aliphatic heterocycles. The Balaban J connectivity index is 0.00000176. The van der Waals surface area contributed by atoms with Crippen LogP contribution < -0.4 is 5.32 Å². The molecule has 0 radical (unpaired) electrons. The molecule has 3 nitrogen and oxygen atoms in total. The summed E-state index contributed by atoms with van der Waals surface area (Å²) in [5.74, 6) is 0.250. The Kier molecular flexibility index (Phi) is 5.65. The van der Waals surface area contributed by atoms with E-state index in [1.807, 2.05) is 17.0 Å². The second kappa shape index (κ2) is 6.96. The van der Waals surface area contributed by atoms with E-state index in [2.05, 4.69) is 12.2 Å². The highest BCUT2D eigenvalue weighted by Crippen LogP contribution is 2.46. The molecule has 2 aliphatic rings. The summed E-state index contributed by atoms with van der Waals surface area (Å²) in [6.45, 7) is 4.55. The highest BCUT2D eigenvalue weighted by Gasteiger charge is 2.48. The fourth-order valence-corrected chi connectivity index (χ4v) is 3.67. The number of carbonyl (C=O) groups is 1. The average Bonchev–Trinajstić information content (AvgIpc) is 2.41. The lowest BCUT2D eigenvalue weighted by Gasteiger charge is -2.46. The minimum atomic E-state index is -0.384. The van der Waals surface area contributed by atoms with E-state index in [-0.39, 0.29) is 23.7 Å². The smallest absolute Gasteiger partial charge is 0.233 e. The van der Waals surface area contributed by atoms with Crippen LogP contribution in [0.2, 0.25) is 10.0 Å². The predicted molar refractivity (Wildman–Crippen MR) is 93.3 cm³/mol. The summed E-state index contributed by atoms with van der Waals surface area (Å²) in [5.41, 5.74) is 0.630. The van der Waals surface area contributed by atoms with E-state index < -0.39 is 0 Å². The first kappa shape index (κ1) is 17.9. The average molecular weight is 364 g/mol. The van der Waals surface area contributed by atoms with Gasteiger partial charge >= 0.3 is 0 Å². The Bertz CT molecular complexity index is 560. The second-order valence-corrected chi connectivity index (χ2v) is 6.99. The van der Waals surface area contributed by atoms with E-state index in [0.717, 1.165) is 44.5 Å². The SMILES string of the molecule is CC1CN(C(=O)C2(c3ccc(Cl)c(Cl)c3)CCC2)CCN1.Cl. The molecular weight excluding hydrogens is 343 g/mol. The largest absolute Gasteiger partial charge is 0.339 e. The van der Waals surface area contributed by atoms with E-state index in [0.29, 0.717) is 16.1 Å². The fraction of sp³-hybridized carbons (Fsp3) is 0.562. The first-order chi connectivity index (χ1) is 10.0. The molecule has 1 aliphatic carbocycles. The maximum Gasteiger partial charge on any atom is 0.233 e. The highest BCUT2D eigenvalue weighted by atomic mass is 35.5. The zero-order valence-corrected chi connectivity index (χ0v) is 14.9. The van der Waals surface area contributed by atoms with Crippen molar-refractivity contribution in [3.63, 3.8) is 0 Å². The van der Waals surface area contributed by atoms with Crippen molar-refractivity contribution >= 4 is 41.5 Å². The Morgan fingerprint density at radius 2 is 2.05 bits per heavy atom. The molecule has 1 aromatic rings. The van der Waals surface area contributed by atoms with Crippen molar-refractivity contribution in [3.8, 4) is 0 Å². The van der Waals surface area contributed by atoms with Gasteiger partial charge in [-0.2, -0.15) is 0 Å². The summed E-state index contributed by atoms with van der Waals surface area (Å²) in [7, 11) is 0. The van der Waals surface area contributed by atoms with E-state index in [4.69, 9.17) is 23.2 Å². The lowest BCUT2D eigenvalue weighted by Crippen LogP contribution is -2.58. The number of nitrogens with zero attached hydrogens (tertiary/aromatic N) is 1. The van der Waals surface area contributed by atoms with Gasteiger partial charge in [0.25, 0.3) is 0 Å². The number of benzene rings is 1. The molecule has 1 atom stereocenters. The van der Waals surface area contributed by atoms with Crippen LogP contribution in [-0.4, -0.2) is 36.5 Å². The molecule has 1 aromatic carbocycles.